The maximum atomic E-state index is 12.3. The number of anilines is 1. The summed E-state index contributed by atoms with van der Waals surface area (Å²) in [4.78, 5) is 36.0. The molecule has 170 valence electrons. The second-order valence-electron chi connectivity index (χ2n) is 6.94. The number of carbonyl (C=O) groups excluding carboxylic acids is 2. The zero-order valence-electron chi connectivity index (χ0n) is 18.1. The van der Waals surface area contributed by atoms with Crippen LogP contribution >= 0.6 is 0 Å². The Morgan fingerprint density at radius 2 is 1.67 bits per heavy atom. The number of benzene rings is 3. The highest BCUT2D eigenvalue weighted by Crippen LogP contribution is 2.32. The first-order valence-corrected chi connectivity index (χ1v) is 10.0. The number of hydrogen-bond donors (Lipinski definition) is 3. The number of nitrogens with one attached hydrogen (secondary N) is 2. The van der Waals surface area contributed by atoms with Crippen LogP contribution < -0.4 is 20.2 Å². The third-order valence-electron chi connectivity index (χ3n) is 4.83. The first-order chi connectivity index (χ1) is 15.9. The van der Waals surface area contributed by atoms with Crippen LogP contribution in [0.3, 0.4) is 0 Å². The van der Waals surface area contributed by atoms with E-state index in [0.717, 1.165) is 10.8 Å². The number of methoxy groups -OCH3 is 2. The lowest BCUT2D eigenvalue weighted by molar-refractivity contribution is -0.124. The molecule has 2 amide bonds. The minimum atomic E-state index is -1.23. The Morgan fingerprint density at radius 3 is 2.39 bits per heavy atom. The van der Waals surface area contributed by atoms with E-state index >= 15 is 0 Å². The van der Waals surface area contributed by atoms with Crippen molar-refractivity contribution in [3.05, 3.63) is 65.7 Å². The summed E-state index contributed by atoms with van der Waals surface area (Å²) in [6.07, 6.45) is 1.06. The van der Waals surface area contributed by atoms with E-state index in [2.05, 4.69) is 15.8 Å². The highest BCUT2D eigenvalue weighted by molar-refractivity contribution is 6.03. The largest absolute Gasteiger partial charge is 0.493 e. The SMILES string of the molecule is COc1ccc(C=NNC(=O)CCC(=O)Nc2cccc3ccccc23)c(C(=O)O)c1OC. The summed E-state index contributed by atoms with van der Waals surface area (Å²) >= 11 is 0. The van der Waals surface area contributed by atoms with Gasteiger partial charge in [0.1, 0.15) is 5.56 Å². The van der Waals surface area contributed by atoms with Gasteiger partial charge < -0.3 is 19.9 Å². The van der Waals surface area contributed by atoms with E-state index in [1.54, 1.807) is 6.07 Å². The standard InChI is InChI=1S/C24H23N3O6/c1-32-19-11-10-16(22(24(30)31)23(19)33-2)14-25-27-21(29)13-12-20(28)26-18-9-5-7-15-6-3-4-8-17(15)18/h3-11,14H,12-13H2,1-2H3,(H,26,28)(H,27,29)(H,30,31). The smallest absolute Gasteiger partial charge is 0.340 e. The van der Waals surface area contributed by atoms with Gasteiger partial charge in [0, 0.05) is 29.5 Å². The Balaban J connectivity index is 1.58. The van der Waals surface area contributed by atoms with Crippen LogP contribution in [0.25, 0.3) is 10.8 Å². The number of carbonyl (C=O) groups is 3. The number of ether oxygens (including phenoxy) is 2. The number of rotatable bonds is 9. The molecule has 0 radical (unpaired) electrons. The van der Waals surface area contributed by atoms with Gasteiger partial charge in [-0.25, -0.2) is 10.2 Å². The van der Waals surface area contributed by atoms with Crippen molar-refractivity contribution in [3.8, 4) is 11.5 Å². The molecule has 0 saturated heterocycles. The van der Waals surface area contributed by atoms with Gasteiger partial charge in [0.2, 0.25) is 11.8 Å². The molecule has 9 nitrogen and oxygen atoms in total. The minimum Gasteiger partial charge on any atom is -0.493 e. The van der Waals surface area contributed by atoms with Crippen molar-refractivity contribution in [2.24, 2.45) is 5.10 Å². The predicted molar refractivity (Wildman–Crippen MR) is 124 cm³/mol. The Kier molecular flexibility index (Phi) is 7.59. The molecule has 0 atom stereocenters. The fraction of sp³-hybridized carbons (Fsp3) is 0.167. The van der Waals surface area contributed by atoms with Crippen LogP contribution in [0.4, 0.5) is 5.69 Å². The van der Waals surface area contributed by atoms with E-state index in [0.29, 0.717) is 5.69 Å². The molecule has 3 aromatic rings. The van der Waals surface area contributed by atoms with Crippen LogP contribution in [0.2, 0.25) is 0 Å². The molecular formula is C24H23N3O6. The molecule has 3 rings (SSSR count). The minimum absolute atomic E-state index is 0.0404. The van der Waals surface area contributed by atoms with Crippen molar-refractivity contribution >= 4 is 40.5 Å². The molecule has 0 heterocycles. The summed E-state index contributed by atoms with van der Waals surface area (Å²) in [5.41, 5.74) is 3.04. The third-order valence-corrected chi connectivity index (χ3v) is 4.83. The van der Waals surface area contributed by atoms with Crippen LogP contribution in [-0.4, -0.2) is 43.3 Å². The Labute approximate surface area is 190 Å². The quantitative estimate of drug-likeness (QED) is 0.339. The molecule has 33 heavy (non-hydrogen) atoms. The number of hydrazone groups is 1. The molecule has 0 aliphatic rings. The topological polar surface area (TPSA) is 126 Å². The summed E-state index contributed by atoms with van der Waals surface area (Å²) in [7, 11) is 2.73. The van der Waals surface area contributed by atoms with E-state index in [1.165, 1.54) is 32.6 Å². The second kappa shape index (κ2) is 10.8. The zero-order valence-corrected chi connectivity index (χ0v) is 18.1. The Bertz CT molecular complexity index is 1220. The maximum Gasteiger partial charge on any atom is 0.340 e. The second-order valence-corrected chi connectivity index (χ2v) is 6.94. The monoisotopic (exact) mass is 449 g/mol. The molecule has 0 aliphatic heterocycles. The van der Waals surface area contributed by atoms with Gasteiger partial charge in [0.25, 0.3) is 0 Å². The van der Waals surface area contributed by atoms with Gasteiger partial charge in [0.15, 0.2) is 11.5 Å². The number of aromatic carboxylic acids is 1. The highest BCUT2D eigenvalue weighted by Gasteiger charge is 2.20. The van der Waals surface area contributed by atoms with Crippen LogP contribution in [0, 0.1) is 0 Å². The predicted octanol–water partition coefficient (Wildman–Crippen LogP) is 3.42. The lowest BCUT2D eigenvalue weighted by Crippen LogP contribution is -2.21. The van der Waals surface area contributed by atoms with E-state index in [1.807, 2.05) is 36.4 Å². The van der Waals surface area contributed by atoms with Crippen molar-refractivity contribution in [1.29, 1.82) is 0 Å². The van der Waals surface area contributed by atoms with Crippen molar-refractivity contribution in [2.75, 3.05) is 19.5 Å². The highest BCUT2D eigenvalue weighted by atomic mass is 16.5. The van der Waals surface area contributed by atoms with Crippen molar-refractivity contribution in [3.63, 3.8) is 0 Å². The molecular weight excluding hydrogens is 426 g/mol. The van der Waals surface area contributed by atoms with E-state index in [-0.39, 0.29) is 41.4 Å². The number of nitrogens with zero attached hydrogens (tertiary/aromatic N) is 1. The fourth-order valence-corrected chi connectivity index (χ4v) is 3.27. The lowest BCUT2D eigenvalue weighted by Gasteiger charge is -2.12. The molecule has 0 spiro atoms. The summed E-state index contributed by atoms with van der Waals surface area (Å²) in [6.45, 7) is 0. The molecule has 0 bridgehead atoms. The van der Waals surface area contributed by atoms with Gasteiger partial charge in [-0.3, -0.25) is 9.59 Å². The van der Waals surface area contributed by atoms with Crippen molar-refractivity contribution in [1.82, 2.24) is 5.43 Å². The third kappa shape index (κ3) is 5.65. The first-order valence-electron chi connectivity index (χ1n) is 10.0. The maximum absolute atomic E-state index is 12.3. The zero-order chi connectivity index (χ0) is 23.8. The number of fused-ring (bicyclic) bond motifs is 1. The van der Waals surface area contributed by atoms with Crippen molar-refractivity contribution in [2.45, 2.75) is 12.8 Å². The molecule has 0 saturated carbocycles. The van der Waals surface area contributed by atoms with Gasteiger partial charge in [-0.1, -0.05) is 36.4 Å². The number of carboxylic acids is 1. The molecule has 0 aromatic heterocycles. The van der Waals surface area contributed by atoms with Gasteiger partial charge in [-0.2, -0.15) is 5.10 Å². The number of amides is 2. The average Bonchev–Trinajstić information content (AvgIpc) is 2.82. The van der Waals surface area contributed by atoms with Crippen LogP contribution in [0.5, 0.6) is 11.5 Å². The summed E-state index contributed by atoms with van der Waals surface area (Å²) in [6, 6.07) is 16.3. The molecule has 3 N–H and O–H groups in total. The summed E-state index contributed by atoms with van der Waals surface area (Å²) in [5.74, 6) is -1.72. The fourth-order valence-electron chi connectivity index (χ4n) is 3.27. The van der Waals surface area contributed by atoms with Gasteiger partial charge in [0.05, 0.1) is 20.4 Å². The average molecular weight is 449 g/mol. The normalized spacial score (nSPS) is 10.7. The Hall–Kier alpha value is -4.40. The Morgan fingerprint density at radius 1 is 0.939 bits per heavy atom. The van der Waals surface area contributed by atoms with Gasteiger partial charge in [-0.05, 0) is 23.6 Å². The van der Waals surface area contributed by atoms with Crippen LogP contribution in [-0.2, 0) is 9.59 Å². The summed E-state index contributed by atoms with van der Waals surface area (Å²) in [5, 5.41) is 18.0. The van der Waals surface area contributed by atoms with E-state index < -0.39 is 11.9 Å². The molecule has 0 aliphatic carbocycles. The first kappa shape index (κ1) is 23.3. The lowest BCUT2D eigenvalue weighted by atomic mass is 10.1. The number of carboxylic acid groups (broad SMARTS) is 1. The summed E-state index contributed by atoms with van der Waals surface area (Å²) < 4.78 is 10.2. The van der Waals surface area contributed by atoms with E-state index in [9.17, 15) is 19.5 Å². The van der Waals surface area contributed by atoms with E-state index in [4.69, 9.17) is 9.47 Å². The molecule has 9 heteroatoms. The number of hydrogen-bond acceptors (Lipinski definition) is 6. The van der Waals surface area contributed by atoms with Crippen molar-refractivity contribution < 1.29 is 29.0 Å². The van der Waals surface area contributed by atoms with Gasteiger partial charge >= 0.3 is 5.97 Å². The molecule has 0 unspecified atom stereocenters. The van der Waals surface area contributed by atoms with Gasteiger partial charge in [-0.15, -0.1) is 0 Å². The molecule has 3 aromatic carbocycles. The molecule has 0 fully saturated rings. The van der Waals surface area contributed by atoms with Crippen LogP contribution in [0.15, 0.2) is 59.7 Å². The van der Waals surface area contributed by atoms with Crippen LogP contribution in [0.1, 0.15) is 28.8 Å².